The van der Waals surface area contributed by atoms with Crippen LogP contribution in [-0.2, 0) is 9.53 Å². The van der Waals surface area contributed by atoms with E-state index >= 15 is 0 Å². The number of methoxy groups -OCH3 is 1. The lowest BCUT2D eigenvalue weighted by atomic mass is 9.70. The zero-order chi connectivity index (χ0) is 13.1. The fraction of sp³-hybridized carbons (Fsp3) is 0.933. The SMILES string of the molecule is CCC(CC)(OC)C(=O)C1CCC(C)C(C)C1. The van der Waals surface area contributed by atoms with Crippen molar-refractivity contribution in [3.63, 3.8) is 0 Å². The third kappa shape index (κ3) is 2.90. The second-order valence-electron chi connectivity index (χ2n) is 5.73. The average Bonchev–Trinajstić information content (AvgIpc) is 2.35. The predicted molar refractivity (Wildman–Crippen MR) is 71.0 cm³/mol. The van der Waals surface area contributed by atoms with Crippen LogP contribution in [0.25, 0.3) is 0 Å². The molecule has 0 radical (unpaired) electrons. The van der Waals surface area contributed by atoms with Gasteiger partial charge in [0.05, 0.1) is 0 Å². The Labute approximate surface area is 106 Å². The molecule has 0 amide bonds. The summed E-state index contributed by atoms with van der Waals surface area (Å²) in [7, 11) is 1.68. The lowest BCUT2D eigenvalue weighted by Gasteiger charge is -2.37. The van der Waals surface area contributed by atoms with E-state index in [2.05, 4.69) is 27.7 Å². The summed E-state index contributed by atoms with van der Waals surface area (Å²) in [6.45, 7) is 8.69. The van der Waals surface area contributed by atoms with Crippen molar-refractivity contribution in [2.45, 2.75) is 65.4 Å². The van der Waals surface area contributed by atoms with Crippen LogP contribution in [0.2, 0.25) is 0 Å². The maximum atomic E-state index is 12.6. The molecule has 17 heavy (non-hydrogen) atoms. The van der Waals surface area contributed by atoms with Crippen molar-refractivity contribution >= 4 is 5.78 Å². The minimum absolute atomic E-state index is 0.223. The van der Waals surface area contributed by atoms with E-state index in [-0.39, 0.29) is 5.92 Å². The molecule has 0 spiro atoms. The van der Waals surface area contributed by atoms with Gasteiger partial charge in [-0.05, 0) is 43.9 Å². The van der Waals surface area contributed by atoms with Crippen LogP contribution in [0.15, 0.2) is 0 Å². The number of Topliss-reactive ketones (excluding diaryl/α,β-unsaturated/α-hetero) is 1. The minimum Gasteiger partial charge on any atom is -0.370 e. The molecule has 0 N–H and O–H groups in total. The maximum absolute atomic E-state index is 12.6. The number of carbonyl (C=O) groups excluding carboxylic acids is 1. The van der Waals surface area contributed by atoms with Crippen LogP contribution in [0.3, 0.4) is 0 Å². The normalized spacial score (nSPS) is 30.3. The van der Waals surface area contributed by atoms with E-state index in [1.807, 2.05) is 0 Å². The molecule has 2 nitrogen and oxygen atoms in total. The summed E-state index contributed by atoms with van der Waals surface area (Å²) in [5, 5.41) is 0. The van der Waals surface area contributed by atoms with Gasteiger partial charge in [-0.3, -0.25) is 4.79 Å². The Morgan fingerprint density at radius 3 is 2.18 bits per heavy atom. The highest BCUT2D eigenvalue weighted by Crippen LogP contribution is 2.37. The van der Waals surface area contributed by atoms with Crippen molar-refractivity contribution in [3.8, 4) is 0 Å². The molecule has 1 aliphatic carbocycles. The van der Waals surface area contributed by atoms with E-state index in [9.17, 15) is 4.79 Å². The highest BCUT2D eigenvalue weighted by molar-refractivity contribution is 5.89. The van der Waals surface area contributed by atoms with Gasteiger partial charge in [0, 0.05) is 13.0 Å². The summed E-state index contributed by atoms with van der Waals surface area (Å²) in [5.74, 6) is 2.00. The molecule has 0 aromatic rings. The highest BCUT2D eigenvalue weighted by Gasteiger charge is 2.41. The molecule has 0 aromatic heterocycles. The number of rotatable bonds is 5. The van der Waals surface area contributed by atoms with Gasteiger partial charge < -0.3 is 4.74 Å². The molecule has 0 bridgehead atoms. The average molecular weight is 240 g/mol. The third-order valence-electron chi connectivity index (χ3n) is 4.95. The van der Waals surface area contributed by atoms with Crippen molar-refractivity contribution in [1.29, 1.82) is 0 Å². The summed E-state index contributed by atoms with van der Waals surface area (Å²) in [6, 6.07) is 0. The smallest absolute Gasteiger partial charge is 0.167 e. The second kappa shape index (κ2) is 5.99. The first-order valence-electron chi connectivity index (χ1n) is 7.10. The van der Waals surface area contributed by atoms with Crippen LogP contribution >= 0.6 is 0 Å². The Morgan fingerprint density at radius 1 is 1.18 bits per heavy atom. The van der Waals surface area contributed by atoms with Crippen LogP contribution < -0.4 is 0 Å². The number of hydrogen-bond donors (Lipinski definition) is 0. The number of hydrogen-bond acceptors (Lipinski definition) is 2. The Kier molecular flexibility index (Phi) is 5.18. The van der Waals surface area contributed by atoms with E-state index < -0.39 is 5.60 Å². The lowest BCUT2D eigenvalue weighted by molar-refractivity contribution is -0.148. The predicted octanol–water partition coefficient (Wildman–Crippen LogP) is 3.83. The first-order valence-corrected chi connectivity index (χ1v) is 7.10. The van der Waals surface area contributed by atoms with Gasteiger partial charge in [0.2, 0.25) is 0 Å². The molecule has 0 heterocycles. The topological polar surface area (TPSA) is 26.3 Å². The minimum atomic E-state index is -0.523. The van der Waals surface area contributed by atoms with E-state index in [0.717, 1.165) is 31.6 Å². The van der Waals surface area contributed by atoms with Gasteiger partial charge in [-0.25, -0.2) is 0 Å². The molecule has 1 saturated carbocycles. The van der Waals surface area contributed by atoms with Gasteiger partial charge in [-0.1, -0.05) is 27.7 Å². The van der Waals surface area contributed by atoms with Crippen molar-refractivity contribution in [1.82, 2.24) is 0 Å². The van der Waals surface area contributed by atoms with E-state index in [4.69, 9.17) is 4.74 Å². The molecule has 0 aliphatic heterocycles. The molecular weight excluding hydrogens is 212 g/mol. The van der Waals surface area contributed by atoms with E-state index in [1.165, 1.54) is 6.42 Å². The second-order valence-corrected chi connectivity index (χ2v) is 5.73. The molecule has 2 heteroatoms. The fourth-order valence-electron chi connectivity index (χ4n) is 3.15. The first kappa shape index (κ1) is 14.7. The molecule has 0 saturated heterocycles. The zero-order valence-corrected chi connectivity index (χ0v) is 12.1. The molecule has 1 aliphatic rings. The van der Waals surface area contributed by atoms with Crippen LogP contribution in [0.1, 0.15) is 59.8 Å². The molecule has 0 aromatic carbocycles. The number of ether oxygens (including phenoxy) is 1. The van der Waals surface area contributed by atoms with Crippen LogP contribution in [0, 0.1) is 17.8 Å². The van der Waals surface area contributed by atoms with Crippen LogP contribution in [-0.4, -0.2) is 18.5 Å². The number of ketones is 1. The Hall–Kier alpha value is -0.370. The zero-order valence-electron chi connectivity index (χ0n) is 12.1. The van der Waals surface area contributed by atoms with Crippen molar-refractivity contribution in [3.05, 3.63) is 0 Å². The Morgan fingerprint density at radius 2 is 1.76 bits per heavy atom. The molecule has 100 valence electrons. The fourth-order valence-corrected chi connectivity index (χ4v) is 3.15. The summed E-state index contributed by atoms with van der Waals surface area (Å²) >= 11 is 0. The van der Waals surface area contributed by atoms with Crippen LogP contribution in [0.5, 0.6) is 0 Å². The van der Waals surface area contributed by atoms with Gasteiger partial charge in [0.1, 0.15) is 5.60 Å². The highest BCUT2D eigenvalue weighted by atomic mass is 16.5. The quantitative estimate of drug-likeness (QED) is 0.730. The molecule has 3 atom stereocenters. The Bertz CT molecular complexity index is 247. The summed E-state index contributed by atoms with van der Waals surface area (Å²) < 4.78 is 5.56. The largest absolute Gasteiger partial charge is 0.370 e. The van der Waals surface area contributed by atoms with E-state index in [1.54, 1.807) is 7.11 Å². The molecule has 1 rings (SSSR count). The van der Waals surface area contributed by atoms with Crippen molar-refractivity contribution in [2.75, 3.05) is 7.11 Å². The van der Waals surface area contributed by atoms with E-state index in [0.29, 0.717) is 11.7 Å². The maximum Gasteiger partial charge on any atom is 0.167 e. The molecule has 3 unspecified atom stereocenters. The monoisotopic (exact) mass is 240 g/mol. The third-order valence-corrected chi connectivity index (χ3v) is 4.95. The lowest BCUT2D eigenvalue weighted by Crippen LogP contribution is -2.45. The first-order chi connectivity index (χ1) is 8.00. The van der Waals surface area contributed by atoms with Crippen molar-refractivity contribution in [2.24, 2.45) is 17.8 Å². The van der Waals surface area contributed by atoms with Crippen molar-refractivity contribution < 1.29 is 9.53 Å². The van der Waals surface area contributed by atoms with Gasteiger partial charge in [-0.2, -0.15) is 0 Å². The summed E-state index contributed by atoms with van der Waals surface area (Å²) in [6.07, 6.45) is 4.86. The molecular formula is C15H28O2. The standard InChI is InChI=1S/C15H28O2/c1-6-15(7-2,17-5)14(16)13-9-8-11(3)12(4)10-13/h11-13H,6-10H2,1-5H3. The number of carbonyl (C=O) groups is 1. The van der Waals surface area contributed by atoms with Crippen LogP contribution in [0.4, 0.5) is 0 Å². The molecule has 1 fully saturated rings. The Balaban J connectivity index is 2.75. The summed E-state index contributed by atoms with van der Waals surface area (Å²) in [4.78, 5) is 12.6. The van der Waals surface area contributed by atoms with Gasteiger partial charge in [0.15, 0.2) is 5.78 Å². The van der Waals surface area contributed by atoms with Gasteiger partial charge >= 0.3 is 0 Å². The van der Waals surface area contributed by atoms with Gasteiger partial charge in [-0.15, -0.1) is 0 Å². The van der Waals surface area contributed by atoms with Gasteiger partial charge in [0.25, 0.3) is 0 Å². The summed E-state index contributed by atoms with van der Waals surface area (Å²) in [5.41, 5.74) is -0.523.